The van der Waals surface area contributed by atoms with E-state index in [4.69, 9.17) is 5.73 Å². The molecule has 0 spiro atoms. The molecule has 0 bridgehead atoms. The first-order valence-corrected chi connectivity index (χ1v) is 7.90. The Bertz CT molecular complexity index is 784. The minimum absolute atomic E-state index is 0.0419. The van der Waals surface area contributed by atoms with Gasteiger partial charge in [0.05, 0.1) is 0 Å². The van der Waals surface area contributed by atoms with Crippen LogP contribution in [0.2, 0.25) is 0 Å². The summed E-state index contributed by atoms with van der Waals surface area (Å²) in [7, 11) is 1.51. The van der Waals surface area contributed by atoms with Gasteiger partial charge in [0.1, 0.15) is 5.82 Å². The van der Waals surface area contributed by atoms with Crippen molar-refractivity contribution in [2.45, 2.75) is 59.2 Å². The van der Waals surface area contributed by atoms with Crippen LogP contribution in [0.15, 0.2) is 9.59 Å². The highest BCUT2D eigenvalue weighted by molar-refractivity contribution is 5.71. The zero-order valence-electron chi connectivity index (χ0n) is 13.8. The van der Waals surface area contributed by atoms with Crippen LogP contribution in [0.3, 0.4) is 0 Å². The highest BCUT2D eigenvalue weighted by atomic mass is 16.2. The molecule has 0 saturated carbocycles. The molecule has 2 rings (SSSR count). The van der Waals surface area contributed by atoms with Crippen molar-refractivity contribution in [3.05, 3.63) is 26.7 Å². The molecule has 1 atom stereocenters. The molecule has 2 N–H and O–H groups in total. The van der Waals surface area contributed by atoms with Crippen LogP contribution in [0, 0.1) is 0 Å². The van der Waals surface area contributed by atoms with Gasteiger partial charge in [-0.3, -0.25) is 13.9 Å². The summed E-state index contributed by atoms with van der Waals surface area (Å²) in [5.41, 5.74) is 6.41. The second-order valence-electron chi connectivity index (χ2n) is 5.62. The normalized spacial score (nSPS) is 13.0. The summed E-state index contributed by atoms with van der Waals surface area (Å²) in [4.78, 5) is 29.4. The van der Waals surface area contributed by atoms with Crippen molar-refractivity contribution in [2.24, 2.45) is 12.8 Å². The number of hydrogen-bond donors (Lipinski definition) is 1. The van der Waals surface area contributed by atoms with Gasteiger partial charge in [-0.2, -0.15) is 0 Å². The molecule has 7 nitrogen and oxygen atoms in total. The average molecular weight is 307 g/mol. The van der Waals surface area contributed by atoms with E-state index in [0.717, 1.165) is 29.7 Å². The molecule has 2 aromatic heterocycles. The second-order valence-corrected chi connectivity index (χ2v) is 5.62. The summed E-state index contributed by atoms with van der Waals surface area (Å²) < 4.78 is 4.60. The molecule has 0 aromatic carbocycles. The van der Waals surface area contributed by atoms with Gasteiger partial charge in [0, 0.05) is 32.6 Å². The first-order valence-electron chi connectivity index (χ1n) is 7.90. The first kappa shape index (κ1) is 16.5. The fourth-order valence-corrected chi connectivity index (χ4v) is 2.66. The summed E-state index contributed by atoms with van der Waals surface area (Å²) in [5.74, 6) is 0.825. The Hall–Kier alpha value is -1.89. The molecule has 7 heteroatoms. The molecule has 2 heterocycles. The number of imidazole rings is 1. The van der Waals surface area contributed by atoms with E-state index in [9.17, 15) is 9.59 Å². The molecule has 2 aromatic rings. The van der Waals surface area contributed by atoms with Gasteiger partial charge in [-0.25, -0.2) is 9.78 Å². The highest BCUT2D eigenvalue weighted by Crippen LogP contribution is 2.14. The van der Waals surface area contributed by atoms with E-state index in [1.54, 1.807) is 4.57 Å². The maximum absolute atomic E-state index is 12.6. The average Bonchev–Trinajstić information content (AvgIpc) is 2.84. The first-order chi connectivity index (χ1) is 10.5. The van der Waals surface area contributed by atoms with Crippen molar-refractivity contribution in [2.75, 3.05) is 0 Å². The summed E-state index contributed by atoms with van der Waals surface area (Å²) in [6, 6.07) is -0.0419. The zero-order chi connectivity index (χ0) is 16.4. The van der Waals surface area contributed by atoms with Gasteiger partial charge in [-0.15, -0.1) is 0 Å². The molecular weight excluding hydrogens is 282 g/mol. The number of hydrogen-bond acceptors (Lipinski definition) is 4. The van der Waals surface area contributed by atoms with E-state index in [-0.39, 0.29) is 17.3 Å². The Labute approximate surface area is 129 Å². The Balaban J connectivity index is 2.85. The number of rotatable bonds is 6. The third kappa shape index (κ3) is 2.61. The lowest BCUT2D eigenvalue weighted by Crippen LogP contribution is -2.39. The van der Waals surface area contributed by atoms with Gasteiger partial charge < -0.3 is 10.3 Å². The van der Waals surface area contributed by atoms with Gasteiger partial charge in [0.15, 0.2) is 11.2 Å². The molecule has 0 radical (unpaired) electrons. The quantitative estimate of drug-likeness (QED) is 0.847. The van der Waals surface area contributed by atoms with Crippen LogP contribution in [-0.4, -0.2) is 24.7 Å². The van der Waals surface area contributed by atoms with Crippen molar-refractivity contribution in [1.82, 2.24) is 18.7 Å². The third-order valence-electron chi connectivity index (χ3n) is 4.04. The van der Waals surface area contributed by atoms with Gasteiger partial charge >= 0.3 is 5.69 Å². The van der Waals surface area contributed by atoms with Crippen LogP contribution in [0.25, 0.3) is 11.2 Å². The number of fused-ring (bicyclic) bond motifs is 1. The Kier molecular flexibility index (Phi) is 4.85. The molecule has 0 fully saturated rings. The molecule has 22 heavy (non-hydrogen) atoms. The van der Waals surface area contributed by atoms with Crippen molar-refractivity contribution in [3.63, 3.8) is 0 Å². The van der Waals surface area contributed by atoms with Crippen LogP contribution >= 0.6 is 0 Å². The Morgan fingerprint density at radius 2 is 1.86 bits per heavy atom. The molecular formula is C15H25N5O2. The van der Waals surface area contributed by atoms with Crippen LogP contribution in [-0.2, 0) is 26.6 Å². The smallest absolute Gasteiger partial charge is 0.326 e. The van der Waals surface area contributed by atoms with Gasteiger partial charge in [-0.05, 0) is 19.8 Å². The van der Waals surface area contributed by atoms with Gasteiger partial charge in [0.2, 0.25) is 0 Å². The molecule has 1 unspecified atom stereocenters. The Morgan fingerprint density at radius 1 is 1.18 bits per heavy atom. The molecule has 0 aliphatic rings. The number of nitrogens with zero attached hydrogens (tertiary/aromatic N) is 4. The molecule has 0 amide bonds. The van der Waals surface area contributed by atoms with E-state index in [1.165, 1.54) is 7.05 Å². The van der Waals surface area contributed by atoms with Gasteiger partial charge in [0.25, 0.3) is 5.56 Å². The maximum atomic E-state index is 12.6. The van der Waals surface area contributed by atoms with E-state index in [2.05, 4.69) is 11.9 Å². The number of aryl methyl sites for hydroxylation is 2. The summed E-state index contributed by atoms with van der Waals surface area (Å²) in [6.45, 7) is 6.98. The minimum atomic E-state index is -0.326. The predicted octanol–water partition coefficient (Wildman–Crippen LogP) is 0.606. The SMILES string of the molecule is CCCc1nc2c(c(=O)n(C)c(=O)n2CC)n1CC(N)CC. The van der Waals surface area contributed by atoms with E-state index in [0.29, 0.717) is 24.3 Å². The van der Waals surface area contributed by atoms with E-state index >= 15 is 0 Å². The Morgan fingerprint density at radius 3 is 2.41 bits per heavy atom. The molecule has 0 aliphatic carbocycles. The second kappa shape index (κ2) is 6.48. The fraction of sp³-hybridized carbons (Fsp3) is 0.667. The lowest BCUT2D eigenvalue weighted by atomic mass is 10.2. The summed E-state index contributed by atoms with van der Waals surface area (Å²) in [6.07, 6.45) is 2.49. The van der Waals surface area contributed by atoms with Crippen molar-refractivity contribution >= 4 is 11.2 Å². The largest absolute Gasteiger partial charge is 0.332 e. The minimum Gasteiger partial charge on any atom is -0.326 e. The van der Waals surface area contributed by atoms with E-state index < -0.39 is 0 Å². The fourth-order valence-electron chi connectivity index (χ4n) is 2.66. The van der Waals surface area contributed by atoms with E-state index in [1.807, 2.05) is 18.4 Å². The van der Waals surface area contributed by atoms with Crippen molar-refractivity contribution < 1.29 is 0 Å². The topological polar surface area (TPSA) is 87.8 Å². The predicted molar refractivity (Wildman–Crippen MR) is 87.2 cm³/mol. The van der Waals surface area contributed by atoms with Crippen LogP contribution < -0.4 is 17.0 Å². The summed E-state index contributed by atoms with van der Waals surface area (Å²) >= 11 is 0. The lowest BCUT2D eigenvalue weighted by Gasteiger charge is -2.13. The lowest BCUT2D eigenvalue weighted by molar-refractivity contribution is 0.528. The van der Waals surface area contributed by atoms with Crippen LogP contribution in [0.4, 0.5) is 0 Å². The third-order valence-corrected chi connectivity index (χ3v) is 4.04. The van der Waals surface area contributed by atoms with Crippen molar-refractivity contribution in [3.8, 4) is 0 Å². The molecule has 0 aliphatic heterocycles. The van der Waals surface area contributed by atoms with Gasteiger partial charge in [-0.1, -0.05) is 13.8 Å². The summed E-state index contributed by atoms with van der Waals surface area (Å²) in [5, 5.41) is 0. The molecule has 0 saturated heterocycles. The number of nitrogens with two attached hydrogens (primary N) is 1. The molecule has 122 valence electrons. The van der Waals surface area contributed by atoms with Crippen LogP contribution in [0.5, 0.6) is 0 Å². The number of aromatic nitrogens is 4. The van der Waals surface area contributed by atoms with Crippen molar-refractivity contribution in [1.29, 1.82) is 0 Å². The zero-order valence-corrected chi connectivity index (χ0v) is 13.8. The monoisotopic (exact) mass is 307 g/mol. The van der Waals surface area contributed by atoms with Crippen LogP contribution in [0.1, 0.15) is 39.4 Å². The standard InChI is InChI=1S/C15H25N5O2/c1-5-8-11-17-13-12(20(11)9-10(16)6-2)14(21)18(4)15(22)19(13)7-3/h10H,5-9,16H2,1-4H3. The highest BCUT2D eigenvalue weighted by Gasteiger charge is 2.20. The maximum Gasteiger partial charge on any atom is 0.332 e.